The van der Waals surface area contributed by atoms with Gasteiger partial charge in [0.1, 0.15) is 5.82 Å². The predicted molar refractivity (Wildman–Crippen MR) is 75.4 cm³/mol. The Labute approximate surface area is 114 Å². The van der Waals surface area contributed by atoms with Gasteiger partial charge in [-0.15, -0.1) is 11.6 Å². The molecule has 0 saturated carbocycles. The van der Waals surface area contributed by atoms with Crippen molar-refractivity contribution in [3.63, 3.8) is 0 Å². The van der Waals surface area contributed by atoms with Gasteiger partial charge in [-0.25, -0.2) is 0 Å². The van der Waals surface area contributed by atoms with Gasteiger partial charge in [0.05, 0.1) is 19.0 Å². The Kier molecular flexibility index (Phi) is 6.19. The predicted octanol–water partition coefficient (Wildman–Crippen LogP) is 3.33. The van der Waals surface area contributed by atoms with E-state index in [2.05, 4.69) is 29.1 Å². The van der Waals surface area contributed by atoms with Crippen LogP contribution < -0.4 is 10.1 Å². The Hall–Kier alpha value is -1.03. The normalized spacial score (nSPS) is 11.3. The first-order chi connectivity index (χ1) is 8.69. The van der Waals surface area contributed by atoms with Crippen molar-refractivity contribution in [1.82, 2.24) is 9.97 Å². The van der Waals surface area contributed by atoms with Gasteiger partial charge >= 0.3 is 0 Å². The highest BCUT2D eigenvalue weighted by Gasteiger charge is 2.24. The summed E-state index contributed by atoms with van der Waals surface area (Å²) in [4.78, 5) is 8.43. The van der Waals surface area contributed by atoms with Crippen molar-refractivity contribution in [2.75, 3.05) is 24.3 Å². The summed E-state index contributed by atoms with van der Waals surface area (Å²) in [6.45, 7) is 7.64. The van der Waals surface area contributed by atoms with E-state index in [0.717, 1.165) is 25.2 Å². The number of nitrogens with zero attached hydrogens (tertiary/aromatic N) is 2. The Balaban J connectivity index is 2.64. The molecule has 4 nitrogen and oxygen atoms in total. The summed E-state index contributed by atoms with van der Waals surface area (Å²) in [6, 6.07) is 0. The first-order valence-corrected chi connectivity index (χ1v) is 6.97. The summed E-state index contributed by atoms with van der Waals surface area (Å²) in [7, 11) is 0. The third-order valence-corrected chi connectivity index (χ3v) is 3.90. The fourth-order valence-electron chi connectivity index (χ4n) is 1.66. The van der Waals surface area contributed by atoms with Gasteiger partial charge in [0.2, 0.25) is 5.88 Å². The lowest BCUT2D eigenvalue weighted by Crippen LogP contribution is -2.30. The molecule has 0 aliphatic carbocycles. The van der Waals surface area contributed by atoms with Gasteiger partial charge < -0.3 is 10.1 Å². The van der Waals surface area contributed by atoms with Crippen LogP contribution in [0.25, 0.3) is 0 Å². The smallest absolute Gasteiger partial charge is 0.234 e. The van der Waals surface area contributed by atoms with Crippen LogP contribution in [0.2, 0.25) is 0 Å². The highest BCUT2D eigenvalue weighted by Crippen LogP contribution is 2.28. The molecule has 0 aliphatic rings. The summed E-state index contributed by atoms with van der Waals surface area (Å²) in [6.07, 6.45) is 5.40. The molecule has 5 heteroatoms. The molecule has 0 amide bonds. The number of nitrogens with one attached hydrogen (secondary N) is 1. The van der Waals surface area contributed by atoms with Crippen molar-refractivity contribution < 1.29 is 4.74 Å². The summed E-state index contributed by atoms with van der Waals surface area (Å²) >= 11 is 6.07. The molecule has 0 saturated heterocycles. The maximum atomic E-state index is 6.07. The van der Waals surface area contributed by atoms with Crippen LogP contribution in [0.5, 0.6) is 5.88 Å². The van der Waals surface area contributed by atoms with Gasteiger partial charge in [-0.1, -0.05) is 13.8 Å². The summed E-state index contributed by atoms with van der Waals surface area (Å²) in [5.74, 6) is 1.93. The minimum atomic E-state index is 0.116. The molecular formula is C13H22ClN3O. The third-order valence-electron chi connectivity index (χ3n) is 3.33. The second kappa shape index (κ2) is 7.41. The zero-order chi connectivity index (χ0) is 13.4. The monoisotopic (exact) mass is 271 g/mol. The van der Waals surface area contributed by atoms with Crippen LogP contribution in [0, 0.1) is 5.41 Å². The van der Waals surface area contributed by atoms with E-state index in [-0.39, 0.29) is 5.41 Å². The number of aromatic nitrogens is 2. The average molecular weight is 272 g/mol. The minimum absolute atomic E-state index is 0.116. The lowest BCUT2D eigenvalue weighted by molar-refractivity contribution is 0.321. The molecule has 1 heterocycles. The molecule has 0 aromatic carbocycles. The maximum absolute atomic E-state index is 6.07. The molecule has 0 unspecified atom stereocenters. The van der Waals surface area contributed by atoms with Gasteiger partial charge in [-0.2, -0.15) is 4.98 Å². The van der Waals surface area contributed by atoms with Crippen molar-refractivity contribution >= 4 is 17.4 Å². The summed E-state index contributed by atoms with van der Waals surface area (Å²) in [5.41, 5.74) is 0.116. The van der Waals surface area contributed by atoms with Crippen molar-refractivity contribution in [2.24, 2.45) is 5.41 Å². The molecule has 0 aliphatic heterocycles. The SMILES string of the molecule is CCOc1cncc(NCC(CC)(CC)CCl)n1. The lowest BCUT2D eigenvalue weighted by Gasteiger charge is -2.29. The van der Waals surface area contributed by atoms with E-state index in [1.165, 1.54) is 0 Å². The Morgan fingerprint density at radius 1 is 1.28 bits per heavy atom. The Bertz CT molecular complexity index is 348. The largest absolute Gasteiger partial charge is 0.477 e. The molecule has 0 atom stereocenters. The second-order valence-corrected chi connectivity index (χ2v) is 4.64. The first kappa shape index (κ1) is 15.0. The van der Waals surface area contributed by atoms with E-state index in [1.807, 2.05) is 6.92 Å². The number of hydrogen-bond acceptors (Lipinski definition) is 4. The standard InChI is InChI=1S/C13H22ClN3O/c1-4-13(5-2,9-14)10-16-11-7-15-8-12(17-11)18-6-3/h7-8H,4-6,9-10H2,1-3H3,(H,16,17). The molecular weight excluding hydrogens is 250 g/mol. The van der Waals surface area contributed by atoms with Crippen LogP contribution in [-0.2, 0) is 0 Å². The number of anilines is 1. The quantitative estimate of drug-likeness (QED) is 0.737. The topological polar surface area (TPSA) is 47.0 Å². The van der Waals surface area contributed by atoms with E-state index in [4.69, 9.17) is 16.3 Å². The highest BCUT2D eigenvalue weighted by molar-refractivity contribution is 6.18. The van der Waals surface area contributed by atoms with Crippen molar-refractivity contribution in [3.05, 3.63) is 12.4 Å². The van der Waals surface area contributed by atoms with E-state index in [0.29, 0.717) is 18.4 Å². The number of alkyl halides is 1. The zero-order valence-corrected chi connectivity index (χ0v) is 12.1. The fraction of sp³-hybridized carbons (Fsp3) is 0.692. The molecule has 18 heavy (non-hydrogen) atoms. The van der Waals surface area contributed by atoms with Crippen LogP contribution in [0.4, 0.5) is 5.82 Å². The van der Waals surface area contributed by atoms with Gasteiger partial charge in [0, 0.05) is 17.8 Å². The Morgan fingerprint density at radius 2 is 2.00 bits per heavy atom. The number of ether oxygens (including phenoxy) is 1. The molecule has 1 N–H and O–H groups in total. The van der Waals surface area contributed by atoms with Crippen LogP contribution >= 0.6 is 11.6 Å². The average Bonchev–Trinajstić information content (AvgIpc) is 2.42. The summed E-state index contributed by atoms with van der Waals surface area (Å²) < 4.78 is 5.32. The zero-order valence-electron chi connectivity index (χ0n) is 11.4. The van der Waals surface area contributed by atoms with Gasteiger partial charge in [-0.3, -0.25) is 4.98 Å². The molecule has 1 aromatic rings. The van der Waals surface area contributed by atoms with E-state index in [9.17, 15) is 0 Å². The van der Waals surface area contributed by atoms with Crippen LogP contribution in [0.3, 0.4) is 0 Å². The van der Waals surface area contributed by atoms with E-state index < -0.39 is 0 Å². The lowest BCUT2D eigenvalue weighted by atomic mass is 9.84. The van der Waals surface area contributed by atoms with Gasteiger partial charge in [0.15, 0.2) is 0 Å². The number of hydrogen-bond donors (Lipinski definition) is 1. The molecule has 1 rings (SSSR count). The number of rotatable bonds is 8. The van der Waals surface area contributed by atoms with Crippen molar-refractivity contribution in [1.29, 1.82) is 0 Å². The van der Waals surface area contributed by atoms with Crippen LogP contribution in [-0.4, -0.2) is 29.0 Å². The van der Waals surface area contributed by atoms with Gasteiger partial charge in [0.25, 0.3) is 0 Å². The third kappa shape index (κ3) is 4.02. The highest BCUT2D eigenvalue weighted by atomic mass is 35.5. The van der Waals surface area contributed by atoms with E-state index in [1.54, 1.807) is 12.4 Å². The molecule has 0 bridgehead atoms. The maximum Gasteiger partial charge on any atom is 0.234 e. The minimum Gasteiger partial charge on any atom is -0.477 e. The van der Waals surface area contributed by atoms with Crippen molar-refractivity contribution in [3.8, 4) is 5.88 Å². The van der Waals surface area contributed by atoms with Crippen LogP contribution in [0.15, 0.2) is 12.4 Å². The van der Waals surface area contributed by atoms with E-state index >= 15 is 0 Å². The second-order valence-electron chi connectivity index (χ2n) is 4.37. The van der Waals surface area contributed by atoms with Crippen LogP contribution in [0.1, 0.15) is 33.6 Å². The molecule has 102 valence electrons. The molecule has 0 radical (unpaired) electrons. The van der Waals surface area contributed by atoms with Gasteiger partial charge in [-0.05, 0) is 19.8 Å². The summed E-state index contributed by atoms with van der Waals surface area (Å²) in [5, 5.41) is 3.30. The fourth-order valence-corrected chi connectivity index (χ4v) is 2.14. The number of halogens is 1. The molecule has 0 fully saturated rings. The van der Waals surface area contributed by atoms with Crippen molar-refractivity contribution in [2.45, 2.75) is 33.6 Å². The first-order valence-electron chi connectivity index (χ1n) is 6.44. The molecule has 1 aromatic heterocycles. The Morgan fingerprint density at radius 3 is 2.56 bits per heavy atom. The molecule has 0 spiro atoms.